The molecule has 1 saturated heterocycles. The van der Waals surface area contributed by atoms with Crippen molar-refractivity contribution in [1.29, 1.82) is 0 Å². The summed E-state index contributed by atoms with van der Waals surface area (Å²) in [5, 5.41) is 9.30. The highest BCUT2D eigenvalue weighted by atomic mass is 35.5. The molecule has 130 valence electrons. The summed E-state index contributed by atoms with van der Waals surface area (Å²) in [5.41, 5.74) is 1.72. The Balaban J connectivity index is 1.74. The second-order valence-corrected chi connectivity index (χ2v) is 7.12. The summed E-state index contributed by atoms with van der Waals surface area (Å²) in [6.07, 6.45) is 4.14. The van der Waals surface area contributed by atoms with Gasteiger partial charge < -0.3 is 10.2 Å². The highest BCUT2D eigenvalue weighted by Crippen LogP contribution is 2.28. The number of rotatable bonds is 3. The van der Waals surface area contributed by atoms with Crippen molar-refractivity contribution < 1.29 is 0 Å². The number of piperidine rings is 1. The van der Waals surface area contributed by atoms with Crippen molar-refractivity contribution in [3.8, 4) is 0 Å². The van der Waals surface area contributed by atoms with Gasteiger partial charge in [-0.05, 0) is 37.0 Å². The van der Waals surface area contributed by atoms with Crippen molar-refractivity contribution >= 4 is 40.1 Å². The van der Waals surface area contributed by atoms with Crippen LogP contribution in [0.4, 0.5) is 17.5 Å². The fourth-order valence-corrected chi connectivity index (χ4v) is 3.35. The predicted octanol–water partition coefficient (Wildman–Crippen LogP) is 4.00. The maximum absolute atomic E-state index is 6.10. The molecule has 1 aliphatic heterocycles. The summed E-state index contributed by atoms with van der Waals surface area (Å²) < 4.78 is 1.79. The van der Waals surface area contributed by atoms with Crippen LogP contribution in [0.25, 0.3) is 11.0 Å². The minimum absolute atomic E-state index is 0.687. The molecule has 0 amide bonds. The van der Waals surface area contributed by atoms with Crippen molar-refractivity contribution in [2.75, 3.05) is 23.3 Å². The lowest BCUT2D eigenvalue weighted by molar-refractivity contribution is 0.434. The van der Waals surface area contributed by atoms with Gasteiger partial charge in [-0.2, -0.15) is 15.1 Å². The molecule has 7 heteroatoms. The molecule has 0 aliphatic carbocycles. The first kappa shape index (κ1) is 16.1. The molecule has 0 saturated carbocycles. The van der Waals surface area contributed by atoms with E-state index in [0.717, 1.165) is 47.5 Å². The number of anilines is 3. The van der Waals surface area contributed by atoms with Crippen LogP contribution in [-0.2, 0) is 7.05 Å². The van der Waals surface area contributed by atoms with E-state index in [9.17, 15) is 0 Å². The Morgan fingerprint density at radius 2 is 2.00 bits per heavy atom. The van der Waals surface area contributed by atoms with Gasteiger partial charge >= 0.3 is 0 Å². The van der Waals surface area contributed by atoms with Gasteiger partial charge in [-0.3, -0.25) is 4.68 Å². The zero-order valence-corrected chi connectivity index (χ0v) is 15.2. The Morgan fingerprint density at radius 1 is 1.20 bits per heavy atom. The largest absolute Gasteiger partial charge is 0.341 e. The Labute approximate surface area is 151 Å². The van der Waals surface area contributed by atoms with Crippen LogP contribution in [0.5, 0.6) is 0 Å². The molecule has 1 N–H and O–H groups in total. The molecule has 1 aromatic carbocycles. The number of nitrogens with one attached hydrogen (secondary N) is 1. The maximum atomic E-state index is 6.10. The third-order valence-electron chi connectivity index (χ3n) is 4.73. The number of hydrogen-bond donors (Lipinski definition) is 1. The molecule has 1 fully saturated rings. The normalized spacial score (nSPS) is 15.7. The van der Waals surface area contributed by atoms with Crippen molar-refractivity contribution in [2.24, 2.45) is 13.0 Å². The van der Waals surface area contributed by atoms with Crippen LogP contribution in [0.1, 0.15) is 19.8 Å². The van der Waals surface area contributed by atoms with Crippen LogP contribution in [0.2, 0.25) is 5.02 Å². The Kier molecular flexibility index (Phi) is 4.21. The minimum atomic E-state index is 0.687. The second-order valence-electron chi connectivity index (χ2n) is 6.68. The first-order valence-corrected chi connectivity index (χ1v) is 8.95. The smallest absolute Gasteiger partial charge is 0.229 e. The highest BCUT2D eigenvalue weighted by molar-refractivity contribution is 6.30. The fraction of sp³-hybridized carbons (Fsp3) is 0.389. The number of fused-ring (bicyclic) bond motifs is 1. The molecule has 0 atom stereocenters. The quantitative estimate of drug-likeness (QED) is 0.768. The molecular formula is C18H21ClN6. The lowest BCUT2D eigenvalue weighted by Crippen LogP contribution is -2.34. The molecule has 25 heavy (non-hydrogen) atoms. The monoisotopic (exact) mass is 356 g/mol. The molecule has 4 rings (SSSR count). The van der Waals surface area contributed by atoms with E-state index in [2.05, 4.69) is 22.2 Å². The third-order valence-corrected chi connectivity index (χ3v) is 4.97. The zero-order chi connectivity index (χ0) is 17.4. The molecule has 6 nitrogen and oxygen atoms in total. The number of aromatic nitrogens is 4. The molecule has 3 heterocycles. The second kappa shape index (κ2) is 6.52. The van der Waals surface area contributed by atoms with E-state index in [-0.39, 0.29) is 0 Å². The number of aryl methyl sites for hydroxylation is 1. The van der Waals surface area contributed by atoms with E-state index in [1.54, 1.807) is 10.9 Å². The average molecular weight is 357 g/mol. The van der Waals surface area contributed by atoms with Crippen LogP contribution < -0.4 is 10.2 Å². The standard InChI is InChI=1S/C18H21ClN6/c1-12-6-8-25(9-7-12)18-22-16(15-11-20-24(2)17(15)23-18)21-14-5-3-4-13(19)10-14/h3-5,10-12H,6-9H2,1-2H3,(H,21,22,23). The van der Waals surface area contributed by atoms with E-state index in [0.29, 0.717) is 5.02 Å². The van der Waals surface area contributed by atoms with Gasteiger partial charge in [0.05, 0.1) is 11.6 Å². The van der Waals surface area contributed by atoms with Gasteiger partial charge in [-0.25, -0.2) is 0 Å². The van der Waals surface area contributed by atoms with Crippen LogP contribution in [-0.4, -0.2) is 32.8 Å². The van der Waals surface area contributed by atoms with Gasteiger partial charge in [0.25, 0.3) is 0 Å². The average Bonchev–Trinajstić information content (AvgIpc) is 2.97. The number of benzene rings is 1. The zero-order valence-electron chi connectivity index (χ0n) is 14.4. The molecule has 0 spiro atoms. The van der Waals surface area contributed by atoms with Gasteiger partial charge in [0.2, 0.25) is 5.95 Å². The van der Waals surface area contributed by atoms with Gasteiger partial charge in [0.1, 0.15) is 5.82 Å². The third kappa shape index (κ3) is 3.26. The Morgan fingerprint density at radius 3 is 2.76 bits per heavy atom. The van der Waals surface area contributed by atoms with Gasteiger partial charge in [0, 0.05) is 30.8 Å². The lowest BCUT2D eigenvalue weighted by atomic mass is 10.00. The number of halogens is 1. The first-order valence-electron chi connectivity index (χ1n) is 8.57. The highest BCUT2D eigenvalue weighted by Gasteiger charge is 2.20. The summed E-state index contributed by atoms with van der Waals surface area (Å²) in [5.74, 6) is 2.28. The van der Waals surface area contributed by atoms with E-state index < -0.39 is 0 Å². The van der Waals surface area contributed by atoms with Crippen molar-refractivity contribution in [3.05, 3.63) is 35.5 Å². The van der Waals surface area contributed by atoms with Crippen molar-refractivity contribution in [1.82, 2.24) is 19.7 Å². The summed E-state index contributed by atoms with van der Waals surface area (Å²) in [7, 11) is 1.90. The van der Waals surface area contributed by atoms with Crippen LogP contribution in [0.15, 0.2) is 30.5 Å². The van der Waals surface area contributed by atoms with Crippen LogP contribution in [0.3, 0.4) is 0 Å². The Hall–Kier alpha value is -2.34. The SMILES string of the molecule is CC1CCN(c2nc(Nc3cccc(Cl)c3)c3cnn(C)c3n2)CC1. The lowest BCUT2D eigenvalue weighted by Gasteiger charge is -2.30. The van der Waals surface area contributed by atoms with Gasteiger partial charge in [-0.15, -0.1) is 0 Å². The van der Waals surface area contributed by atoms with Gasteiger partial charge in [-0.1, -0.05) is 24.6 Å². The van der Waals surface area contributed by atoms with Gasteiger partial charge in [0.15, 0.2) is 5.65 Å². The number of hydrogen-bond acceptors (Lipinski definition) is 5. The minimum Gasteiger partial charge on any atom is -0.341 e. The first-order chi connectivity index (χ1) is 12.1. The summed E-state index contributed by atoms with van der Waals surface area (Å²) in [6, 6.07) is 7.62. The van der Waals surface area contributed by atoms with Crippen molar-refractivity contribution in [3.63, 3.8) is 0 Å². The van der Waals surface area contributed by atoms with E-state index in [1.807, 2.05) is 31.3 Å². The maximum Gasteiger partial charge on any atom is 0.229 e. The Bertz CT molecular complexity index is 898. The van der Waals surface area contributed by atoms with E-state index in [4.69, 9.17) is 21.6 Å². The van der Waals surface area contributed by atoms with Crippen LogP contribution in [0, 0.1) is 5.92 Å². The van der Waals surface area contributed by atoms with E-state index in [1.165, 1.54) is 12.8 Å². The summed E-state index contributed by atoms with van der Waals surface area (Å²) in [6.45, 7) is 4.27. The molecule has 3 aromatic rings. The topological polar surface area (TPSA) is 58.9 Å². The molecule has 0 unspecified atom stereocenters. The molecular weight excluding hydrogens is 336 g/mol. The van der Waals surface area contributed by atoms with E-state index >= 15 is 0 Å². The predicted molar refractivity (Wildman–Crippen MR) is 102 cm³/mol. The number of nitrogens with zero attached hydrogens (tertiary/aromatic N) is 5. The van der Waals surface area contributed by atoms with Crippen molar-refractivity contribution in [2.45, 2.75) is 19.8 Å². The summed E-state index contributed by atoms with van der Waals surface area (Å²) >= 11 is 6.10. The summed E-state index contributed by atoms with van der Waals surface area (Å²) in [4.78, 5) is 11.8. The molecule has 2 aromatic heterocycles. The molecule has 0 radical (unpaired) electrons. The van der Waals surface area contributed by atoms with Crippen LogP contribution >= 0.6 is 11.6 Å². The fourth-order valence-electron chi connectivity index (χ4n) is 3.16. The molecule has 0 bridgehead atoms. The molecule has 1 aliphatic rings.